The van der Waals surface area contributed by atoms with Crippen LogP contribution in [0.4, 0.5) is 0 Å². The van der Waals surface area contributed by atoms with Gasteiger partial charge in [-0.1, -0.05) is 17.7 Å². The number of nitrogens with zero attached hydrogens (tertiary/aromatic N) is 3. The maximum absolute atomic E-state index is 11.6. The smallest absolute Gasteiger partial charge is 0.288 e. The summed E-state index contributed by atoms with van der Waals surface area (Å²) >= 11 is 11.2. The normalized spacial score (nSPS) is 20.2. The molecule has 23 heavy (non-hydrogen) atoms. The Bertz CT molecular complexity index is 875. The lowest BCUT2D eigenvalue weighted by atomic mass is 10.2. The van der Waals surface area contributed by atoms with E-state index in [0.29, 0.717) is 24.0 Å². The van der Waals surface area contributed by atoms with E-state index in [-0.39, 0.29) is 22.4 Å². The second-order valence-electron chi connectivity index (χ2n) is 5.64. The molecule has 1 aliphatic heterocycles. The third kappa shape index (κ3) is 3.82. The van der Waals surface area contributed by atoms with E-state index in [1.807, 2.05) is 24.1 Å². The topological polar surface area (TPSA) is 68.3 Å². The van der Waals surface area contributed by atoms with Crippen molar-refractivity contribution in [1.82, 2.24) is 14.7 Å². The molecule has 1 aromatic carbocycles. The van der Waals surface area contributed by atoms with Crippen molar-refractivity contribution in [3.8, 4) is 11.5 Å². The molecule has 0 aliphatic carbocycles. The molecule has 1 fully saturated rings. The minimum Gasteiger partial charge on any atom is -0.409 e. The SMILES string of the molecule is CN(Cn1nc(-c2cccc(Cl)c2)oc1=S)C1CCS(=O)(=O)C1. The molecule has 0 saturated carbocycles. The van der Waals surface area contributed by atoms with Gasteiger partial charge in [0.05, 0.1) is 18.2 Å². The van der Waals surface area contributed by atoms with Crippen LogP contribution in [0.5, 0.6) is 0 Å². The summed E-state index contributed by atoms with van der Waals surface area (Å²) in [5.74, 6) is 0.806. The molecule has 0 amide bonds. The van der Waals surface area contributed by atoms with Crippen LogP contribution in [-0.2, 0) is 16.5 Å². The summed E-state index contributed by atoms with van der Waals surface area (Å²) < 4.78 is 30.2. The van der Waals surface area contributed by atoms with Gasteiger partial charge in [0.25, 0.3) is 4.84 Å². The van der Waals surface area contributed by atoms with Crippen LogP contribution in [0.15, 0.2) is 28.7 Å². The molecule has 1 atom stereocenters. The summed E-state index contributed by atoms with van der Waals surface area (Å²) in [6.45, 7) is 0.378. The van der Waals surface area contributed by atoms with Gasteiger partial charge in [-0.2, -0.15) is 0 Å². The largest absolute Gasteiger partial charge is 0.409 e. The second-order valence-corrected chi connectivity index (χ2v) is 8.65. The third-order valence-electron chi connectivity index (χ3n) is 3.87. The number of aromatic nitrogens is 2. The second kappa shape index (κ2) is 6.35. The molecule has 2 aromatic rings. The van der Waals surface area contributed by atoms with Crippen LogP contribution in [0.25, 0.3) is 11.5 Å². The number of benzene rings is 1. The lowest BCUT2D eigenvalue weighted by Crippen LogP contribution is -2.34. The van der Waals surface area contributed by atoms with Gasteiger partial charge in [0, 0.05) is 16.6 Å². The van der Waals surface area contributed by atoms with Crippen LogP contribution in [0.1, 0.15) is 6.42 Å². The highest BCUT2D eigenvalue weighted by molar-refractivity contribution is 7.91. The molecule has 9 heteroatoms. The number of hydrogen-bond donors (Lipinski definition) is 0. The number of sulfone groups is 1. The van der Waals surface area contributed by atoms with Crippen molar-refractivity contribution in [2.24, 2.45) is 0 Å². The van der Waals surface area contributed by atoms with Gasteiger partial charge in [-0.25, -0.2) is 13.1 Å². The fourth-order valence-electron chi connectivity index (χ4n) is 2.58. The zero-order chi connectivity index (χ0) is 16.6. The van der Waals surface area contributed by atoms with Crippen LogP contribution in [0.3, 0.4) is 0 Å². The number of halogens is 1. The molecule has 1 aromatic heterocycles. The maximum atomic E-state index is 11.6. The Morgan fingerprint density at radius 3 is 2.96 bits per heavy atom. The van der Waals surface area contributed by atoms with E-state index in [1.54, 1.807) is 16.8 Å². The molecule has 0 radical (unpaired) electrons. The van der Waals surface area contributed by atoms with Gasteiger partial charge in [-0.05, 0) is 43.9 Å². The Morgan fingerprint density at radius 2 is 2.30 bits per heavy atom. The molecule has 1 saturated heterocycles. The van der Waals surface area contributed by atoms with Gasteiger partial charge in [0.2, 0.25) is 5.89 Å². The fraction of sp³-hybridized carbons (Fsp3) is 0.429. The summed E-state index contributed by atoms with van der Waals surface area (Å²) in [6, 6.07) is 7.15. The molecule has 1 unspecified atom stereocenters. The molecular formula is C14H16ClN3O3S2. The minimum absolute atomic E-state index is 0.0202. The monoisotopic (exact) mass is 373 g/mol. The van der Waals surface area contributed by atoms with E-state index in [4.69, 9.17) is 28.2 Å². The van der Waals surface area contributed by atoms with E-state index in [0.717, 1.165) is 5.56 Å². The Labute approximate surface area is 144 Å². The first-order valence-corrected chi connectivity index (χ1v) is 9.69. The highest BCUT2D eigenvalue weighted by Gasteiger charge is 2.30. The average Bonchev–Trinajstić information content (AvgIpc) is 3.02. The van der Waals surface area contributed by atoms with Crippen molar-refractivity contribution in [1.29, 1.82) is 0 Å². The summed E-state index contributed by atoms with van der Waals surface area (Å²) in [6.07, 6.45) is 0.630. The van der Waals surface area contributed by atoms with E-state index in [2.05, 4.69) is 5.10 Å². The van der Waals surface area contributed by atoms with Gasteiger partial charge in [0.15, 0.2) is 9.84 Å². The average molecular weight is 374 g/mol. The molecule has 0 bridgehead atoms. The Hall–Kier alpha value is -1.22. The van der Waals surface area contributed by atoms with Crippen molar-refractivity contribution in [3.63, 3.8) is 0 Å². The lowest BCUT2D eigenvalue weighted by Gasteiger charge is -2.22. The van der Waals surface area contributed by atoms with Gasteiger partial charge < -0.3 is 4.42 Å². The lowest BCUT2D eigenvalue weighted by molar-refractivity contribution is 0.194. The Kier molecular flexibility index (Phi) is 4.59. The predicted molar refractivity (Wildman–Crippen MR) is 90.6 cm³/mol. The Morgan fingerprint density at radius 1 is 1.52 bits per heavy atom. The first kappa shape index (κ1) is 16.6. The Balaban J connectivity index is 1.78. The number of rotatable bonds is 4. The van der Waals surface area contributed by atoms with E-state index < -0.39 is 9.84 Å². The summed E-state index contributed by atoms with van der Waals surface area (Å²) in [5, 5.41) is 4.95. The van der Waals surface area contributed by atoms with E-state index in [9.17, 15) is 8.42 Å². The maximum Gasteiger partial charge on any atom is 0.288 e. The molecule has 6 nitrogen and oxygen atoms in total. The van der Waals surface area contributed by atoms with Gasteiger partial charge in [0.1, 0.15) is 0 Å². The minimum atomic E-state index is -2.92. The molecule has 124 valence electrons. The summed E-state index contributed by atoms with van der Waals surface area (Å²) in [5.41, 5.74) is 0.744. The zero-order valence-electron chi connectivity index (χ0n) is 12.5. The van der Waals surface area contributed by atoms with Crippen LogP contribution in [-0.4, -0.2) is 47.7 Å². The summed E-state index contributed by atoms with van der Waals surface area (Å²) in [7, 11) is -1.06. The standard InChI is InChI=1S/C14H16ClN3O3S2/c1-17(12-5-6-23(19,20)8-12)9-18-14(22)21-13(16-18)10-3-2-4-11(15)7-10/h2-4,7,12H,5-6,8-9H2,1H3. The highest BCUT2D eigenvalue weighted by atomic mass is 35.5. The van der Waals surface area contributed by atoms with Crippen LogP contribution in [0.2, 0.25) is 5.02 Å². The van der Waals surface area contributed by atoms with Crippen molar-refractivity contribution in [2.45, 2.75) is 19.1 Å². The van der Waals surface area contributed by atoms with Crippen LogP contribution < -0.4 is 0 Å². The first-order chi connectivity index (χ1) is 10.8. The van der Waals surface area contributed by atoms with Crippen molar-refractivity contribution in [3.05, 3.63) is 34.1 Å². The molecule has 1 aliphatic rings. The molecular weight excluding hydrogens is 358 g/mol. The zero-order valence-corrected chi connectivity index (χ0v) is 14.9. The molecule has 0 spiro atoms. The van der Waals surface area contributed by atoms with Crippen LogP contribution >= 0.6 is 23.8 Å². The van der Waals surface area contributed by atoms with Gasteiger partial charge in [-0.3, -0.25) is 4.90 Å². The van der Waals surface area contributed by atoms with Gasteiger partial charge in [-0.15, -0.1) is 5.10 Å². The fourth-order valence-corrected chi connectivity index (χ4v) is 4.76. The molecule has 0 N–H and O–H groups in total. The summed E-state index contributed by atoms with van der Waals surface area (Å²) in [4.78, 5) is 2.18. The van der Waals surface area contributed by atoms with Crippen molar-refractivity contribution < 1.29 is 12.8 Å². The van der Waals surface area contributed by atoms with E-state index >= 15 is 0 Å². The van der Waals surface area contributed by atoms with Crippen molar-refractivity contribution >= 4 is 33.7 Å². The molecule has 2 heterocycles. The molecule has 3 rings (SSSR count). The number of hydrogen-bond acceptors (Lipinski definition) is 6. The van der Waals surface area contributed by atoms with Gasteiger partial charge >= 0.3 is 0 Å². The van der Waals surface area contributed by atoms with Crippen molar-refractivity contribution in [2.75, 3.05) is 18.6 Å². The van der Waals surface area contributed by atoms with E-state index in [1.165, 1.54) is 0 Å². The quantitative estimate of drug-likeness (QED) is 0.767. The predicted octanol–water partition coefficient (Wildman–Crippen LogP) is 2.60. The highest BCUT2D eigenvalue weighted by Crippen LogP contribution is 2.22. The first-order valence-electron chi connectivity index (χ1n) is 7.08. The third-order valence-corrected chi connectivity index (χ3v) is 6.15. The van der Waals surface area contributed by atoms with Crippen LogP contribution in [0, 0.1) is 4.84 Å².